The number of benzene rings is 2. The van der Waals surface area contributed by atoms with Crippen molar-refractivity contribution in [2.75, 3.05) is 6.61 Å². The zero-order valence-corrected chi connectivity index (χ0v) is 18.8. The predicted octanol–water partition coefficient (Wildman–Crippen LogP) is 7.16. The Balaban J connectivity index is 1.95. The van der Waals surface area contributed by atoms with Crippen LogP contribution in [0.1, 0.15) is 93.4 Å². The molecular formula is C27H34O2. The van der Waals surface area contributed by atoms with E-state index in [0.717, 1.165) is 12.0 Å². The van der Waals surface area contributed by atoms with E-state index in [1.807, 2.05) is 31.2 Å². The molecule has 0 bridgehead atoms. The van der Waals surface area contributed by atoms with Crippen molar-refractivity contribution in [2.45, 2.75) is 71.6 Å². The number of esters is 1. The van der Waals surface area contributed by atoms with E-state index < -0.39 is 0 Å². The van der Waals surface area contributed by atoms with Crippen LogP contribution < -0.4 is 0 Å². The molecule has 0 unspecified atom stereocenters. The first-order valence-corrected chi connectivity index (χ1v) is 10.8. The largest absolute Gasteiger partial charge is 0.462 e. The van der Waals surface area contributed by atoms with E-state index in [1.165, 1.54) is 35.1 Å². The van der Waals surface area contributed by atoms with E-state index in [-0.39, 0.29) is 16.8 Å². The number of hydrogen-bond acceptors (Lipinski definition) is 2. The van der Waals surface area contributed by atoms with Gasteiger partial charge < -0.3 is 4.74 Å². The van der Waals surface area contributed by atoms with Crippen LogP contribution in [0.3, 0.4) is 0 Å². The lowest BCUT2D eigenvalue weighted by atomic mass is 9.63. The highest BCUT2D eigenvalue weighted by Crippen LogP contribution is 2.46. The summed E-state index contributed by atoms with van der Waals surface area (Å²) in [7, 11) is 0. The molecule has 3 rings (SSSR count). The summed E-state index contributed by atoms with van der Waals surface area (Å²) in [5.74, 6) is -0.265. The van der Waals surface area contributed by atoms with Gasteiger partial charge in [0.2, 0.25) is 0 Å². The quantitative estimate of drug-likeness (QED) is 0.400. The molecule has 0 atom stereocenters. The fourth-order valence-corrected chi connectivity index (χ4v) is 4.31. The van der Waals surface area contributed by atoms with Gasteiger partial charge >= 0.3 is 5.97 Å². The van der Waals surface area contributed by atoms with Crippen LogP contribution in [0.4, 0.5) is 0 Å². The molecule has 1 aliphatic carbocycles. The van der Waals surface area contributed by atoms with Gasteiger partial charge in [-0.15, -0.1) is 0 Å². The first-order valence-electron chi connectivity index (χ1n) is 10.8. The van der Waals surface area contributed by atoms with Gasteiger partial charge in [0, 0.05) is 0 Å². The van der Waals surface area contributed by atoms with Crippen LogP contribution in [0, 0.1) is 0 Å². The molecule has 0 fully saturated rings. The third-order valence-corrected chi connectivity index (χ3v) is 6.37. The Morgan fingerprint density at radius 2 is 1.48 bits per heavy atom. The third-order valence-electron chi connectivity index (χ3n) is 6.37. The lowest BCUT2D eigenvalue weighted by Gasteiger charge is -2.42. The molecule has 0 radical (unpaired) electrons. The summed E-state index contributed by atoms with van der Waals surface area (Å²) in [6, 6.07) is 14.7. The Hall–Kier alpha value is -2.35. The van der Waals surface area contributed by atoms with Crippen molar-refractivity contribution in [3.63, 3.8) is 0 Å². The fraction of sp³-hybridized carbons (Fsp3) is 0.444. The van der Waals surface area contributed by atoms with E-state index >= 15 is 0 Å². The summed E-state index contributed by atoms with van der Waals surface area (Å²) >= 11 is 0. The number of carbonyl (C=O) groups is 1. The predicted molar refractivity (Wildman–Crippen MR) is 122 cm³/mol. The third kappa shape index (κ3) is 4.47. The van der Waals surface area contributed by atoms with Crippen LogP contribution in [0.25, 0.3) is 11.6 Å². The van der Waals surface area contributed by atoms with E-state index in [1.54, 1.807) is 0 Å². The smallest absolute Gasteiger partial charge is 0.338 e. The second-order valence-corrected chi connectivity index (χ2v) is 9.39. The summed E-state index contributed by atoms with van der Waals surface area (Å²) in [5, 5.41) is 0. The lowest BCUT2D eigenvalue weighted by molar-refractivity contribution is 0.0526. The standard InChI is InChI=1S/C27H34O2/c1-7-20(17-19-9-11-21(12-10-19)25(28)29-8-2)22-13-14-23-24(18-22)27(5,6)16-15-26(23,3)4/h9-14,17-18H,7-8,15-16H2,1-6H3. The van der Waals surface area contributed by atoms with Crippen LogP contribution in [0.5, 0.6) is 0 Å². The van der Waals surface area contributed by atoms with E-state index in [4.69, 9.17) is 4.74 Å². The lowest BCUT2D eigenvalue weighted by Crippen LogP contribution is -2.33. The summed E-state index contributed by atoms with van der Waals surface area (Å²) in [6.45, 7) is 13.9. The van der Waals surface area contributed by atoms with Crippen molar-refractivity contribution in [2.24, 2.45) is 0 Å². The number of fused-ring (bicyclic) bond motifs is 1. The maximum absolute atomic E-state index is 11.9. The minimum atomic E-state index is -0.265. The molecule has 0 amide bonds. The molecule has 0 spiro atoms. The van der Waals surface area contributed by atoms with E-state index in [9.17, 15) is 4.79 Å². The Labute approximate surface area is 176 Å². The molecule has 0 saturated heterocycles. The first-order chi connectivity index (χ1) is 13.7. The van der Waals surface area contributed by atoms with Gasteiger partial charge in [0.25, 0.3) is 0 Å². The maximum Gasteiger partial charge on any atom is 0.338 e. The van der Waals surface area contributed by atoms with Gasteiger partial charge in [-0.05, 0) is 77.0 Å². The van der Waals surface area contributed by atoms with Crippen LogP contribution >= 0.6 is 0 Å². The van der Waals surface area contributed by atoms with Gasteiger partial charge in [0.1, 0.15) is 0 Å². The topological polar surface area (TPSA) is 26.3 Å². The van der Waals surface area contributed by atoms with Gasteiger partial charge in [-0.2, -0.15) is 0 Å². The molecule has 0 heterocycles. The number of allylic oxidation sites excluding steroid dienone is 1. The van der Waals surface area contributed by atoms with Crippen LogP contribution in [0.15, 0.2) is 42.5 Å². The SMILES string of the molecule is CCOC(=O)c1ccc(C=C(CC)c2ccc3c(c2)C(C)(C)CCC3(C)C)cc1. The Morgan fingerprint density at radius 1 is 0.897 bits per heavy atom. The van der Waals surface area contributed by atoms with Gasteiger partial charge in [-0.25, -0.2) is 4.79 Å². The second kappa shape index (κ2) is 8.18. The van der Waals surface area contributed by atoms with Gasteiger partial charge in [0.15, 0.2) is 0 Å². The maximum atomic E-state index is 11.9. The minimum absolute atomic E-state index is 0.209. The normalized spacial score (nSPS) is 17.5. The van der Waals surface area contributed by atoms with Crippen molar-refractivity contribution in [1.82, 2.24) is 0 Å². The average Bonchev–Trinajstić information content (AvgIpc) is 2.70. The van der Waals surface area contributed by atoms with E-state index in [2.05, 4.69) is 58.9 Å². The summed E-state index contributed by atoms with van der Waals surface area (Å²) < 4.78 is 5.07. The molecule has 154 valence electrons. The van der Waals surface area contributed by atoms with Gasteiger partial charge in [-0.1, -0.05) is 71.0 Å². The molecule has 0 aromatic heterocycles. The molecule has 0 saturated carbocycles. The molecule has 29 heavy (non-hydrogen) atoms. The molecule has 2 nitrogen and oxygen atoms in total. The second-order valence-electron chi connectivity index (χ2n) is 9.39. The summed E-state index contributed by atoms with van der Waals surface area (Å²) in [5.41, 5.74) is 7.74. The highest BCUT2D eigenvalue weighted by Gasteiger charge is 2.36. The molecule has 1 aliphatic rings. The zero-order chi connectivity index (χ0) is 21.2. The van der Waals surface area contributed by atoms with Crippen molar-refractivity contribution >= 4 is 17.6 Å². The molecule has 2 aromatic carbocycles. The monoisotopic (exact) mass is 390 g/mol. The van der Waals surface area contributed by atoms with Crippen LogP contribution in [0.2, 0.25) is 0 Å². The number of hydrogen-bond donors (Lipinski definition) is 0. The Kier molecular flexibility index (Phi) is 6.03. The number of ether oxygens (including phenoxy) is 1. The zero-order valence-electron chi connectivity index (χ0n) is 18.8. The van der Waals surface area contributed by atoms with Gasteiger partial charge in [0.05, 0.1) is 12.2 Å². The van der Waals surface area contributed by atoms with Gasteiger partial charge in [-0.3, -0.25) is 0 Å². The Bertz CT molecular complexity index is 914. The molecular weight excluding hydrogens is 356 g/mol. The van der Waals surface area contributed by atoms with Crippen LogP contribution in [-0.4, -0.2) is 12.6 Å². The van der Waals surface area contributed by atoms with Crippen molar-refractivity contribution in [3.05, 3.63) is 70.3 Å². The Morgan fingerprint density at radius 3 is 2.07 bits per heavy atom. The molecule has 2 heteroatoms. The van der Waals surface area contributed by atoms with Crippen molar-refractivity contribution < 1.29 is 9.53 Å². The highest BCUT2D eigenvalue weighted by molar-refractivity contribution is 5.90. The van der Waals surface area contributed by atoms with E-state index in [0.29, 0.717) is 12.2 Å². The number of rotatable bonds is 5. The molecule has 2 aromatic rings. The van der Waals surface area contributed by atoms with Crippen molar-refractivity contribution in [3.8, 4) is 0 Å². The van der Waals surface area contributed by atoms with Crippen LogP contribution in [-0.2, 0) is 15.6 Å². The fourth-order valence-electron chi connectivity index (χ4n) is 4.31. The molecule has 0 N–H and O–H groups in total. The first kappa shape index (κ1) is 21.4. The highest BCUT2D eigenvalue weighted by atomic mass is 16.5. The molecule has 0 aliphatic heterocycles. The average molecular weight is 391 g/mol. The number of carbonyl (C=O) groups excluding carboxylic acids is 1. The minimum Gasteiger partial charge on any atom is -0.462 e. The summed E-state index contributed by atoms with van der Waals surface area (Å²) in [4.78, 5) is 11.9. The summed E-state index contributed by atoms with van der Waals surface area (Å²) in [6.07, 6.45) is 5.65. The van der Waals surface area contributed by atoms with Crippen molar-refractivity contribution in [1.29, 1.82) is 0 Å².